The average molecular weight is 270 g/mol. The van der Waals surface area contributed by atoms with Crippen LogP contribution in [0, 0.1) is 0 Å². The third kappa shape index (κ3) is 2.51. The predicted octanol–water partition coefficient (Wildman–Crippen LogP) is 3.67. The van der Waals surface area contributed by atoms with Gasteiger partial charge in [0.15, 0.2) is 5.82 Å². The molecule has 94 valence electrons. The molecule has 3 nitrogen and oxygen atoms in total. The Morgan fingerprint density at radius 2 is 1.79 bits per heavy atom. The highest BCUT2D eigenvalue weighted by molar-refractivity contribution is 6.16. The number of halogens is 1. The molecule has 0 fully saturated rings. The molecule has 0 unspecified atom stereocenters. The van der Waals surface area contributed by atoms with Gasteiger partial charge in [-0.2, -0.15) is 5.10 Å². The van der Waals surface area contributed by atoms with E-state index in [4.69, 9.17) is 11.6 Å². The first-order chi connectivity index (χ1) is 9.36. The highest BCUT2D eigenvalue weighted by Crippen LogP contribution is 2.19. The molecule has 0 N–H and O–H groups in total. The smallest absolute Gasteiger partial charge is 0.153 e. The Morgan fingerprint density at radius 3 is 2.58 bits per heavy atom. The van der Waals surface area contributed by atoms with Crippen molar-refractivity contribution in [1.82, 2.24) is 14.8 Å². The summed E-state index contributed by atoms with van der Waals surface area (Å²) in [5.41, 5.74) is 3.05. The van der Waals surface area contributed by atoms with Crippen molar-refractivity contribution in [3.8, 4) is 16.9 Å². The van der Waals surface area contributed by atoms with Crippen LogP contribution < -0.4 is 0 Å². The summed E-state index contributed by atoms with van der Waals surface area (Å²) in [7, 11) is 0. The van der Waals surface area contributed by atoms with Crippen LogP contribution in [0.15, 0.2) is 60.9 Å². The summed E-state index contributed by atoms with van der Waals surface area (Å²) < 4.78 is 1.76. The van der Waals surface area contributed by atoms with Crippen LogP contribution >= 0.6 is 11.6 Å². The van der Waals surface area contributed by atoms with Gasteiger partial charge in [0.1, 0.15) is 0 Å². The molecule has 0 aliphatic heterocycles. The number of aromatic nitrogens is 3. The maximum absolute atomic E-state index is 5.80. The van der Waals surface area contributed by atoms with E-state index in [2.05, 4.69) is 22.2 Å². The van der Waals surface area contributed by atoms with Gasteiger partial charge in [-0.25, -0.2) is 9.67 Å². The van der Waals surface area contributed by atoms with E-state index in [0.717, 1.165) is 22.6 Å². The average Bonchev–Trinajstić information content (AvgIpc) is 2.98. The standard InChI is InChI=1S/C15H12ClN3/c16-9-14-7-4-8-15(18-14)19-11-13(10-17-19)12-5-2-1-3-6-12/h1-8,10-11H,9H2. The molecule has 0 radical (unpaired) electrons. The third-order valence-electron chi connectivity index (χ3n) is 2.85. The van der Waals surface area contributed by atoms with Gasteiger partial charge in [0.2, 0.25) is 0 Å². The van der Waals surface area contributed by atoms with Crippen LogP contribution in [0.25, 0.3) is 16.9 Å². The van der Waals surface area contributed by atoms with Gasteiger partial charge in [0, 0.05) is 11.8 Å². The maximum atomic E-state index is 5.80. The highest BCUT2D eigenvalue weighted by atomic mass is 35.5. The van der Waals surface area contributed by atoms with Crippen LogP contribution in [-0.2, 0) is 5.88 Å². The molecule has 0 amide bonds. The molecule has 2 heterocycles. The summed E-state index contributed by atoms with van der Waals surface area (Å²) in [5, 5.41) is 4.35. The van der Waals surface area contributed by atoms with Gasteiger partial charge in [0.25, 0.3) is 0 Å². The Bertz CT molecular complexity index is 677. The lowest BCUT2D eigenvalue weighted by Crippen LogP contribution is -1.99. The largest absolute Gasteiger partial charge is 0.232 e. The van der Waals surface area contributed by atoms with E-state index in [1.807, 2.05) is 48.8 Å². The molecule has 0 spiro atoms. The topological polar surface area (TPSA) is 30.7 Å². The van der Waals surface area contributed by atoms with Crippen LogP contribution in [0.1, 0.15) is 5.69 Å². The van der Waals surface area contributed by atoms with Gasteiger partial charge in [-0.1, -0.05) is 36.4 Å². The first kappa shape index (κ1) is 11.9. The van der Waals surface area contributed by atoms with Gasteiger partial charge in [-0.15, -0.1) is 11.6 Å². The Labute approximate surface area is 116 Å². The fraction of sp³-hybridized carbons (Fsp3) is 0.0667. The second-order valence-electron chi connectivity index (χ2n) is 4.16. The SMILES string of the molecule is ClCc1cccc(-n2cc(-c3ccccc3)cn2)n1. The Morgan fingerprint density at radius 1 is 0.947 bits per heavy atom. The van der Waals surface area contributed by atoms with Gasteiger partial charge in [-0.05, 0) is 17.7 Å². The molecule has 4 heteroatoms. The van der Waals surface area contributed by atoms with Crippen molar-refractivity contribution in [3.05, 3.63) is 66.6 Å². The number of pyridine rings is 1. The molecule has 0 saturated carbocycles. The molecule has 0 atom stereocenters. The molecule has 0 aliphatic carbocycles. The van der Waals surface area contributed by atoms with E-state index in [0.29, 0.717) is 5.88 Å². The predicted molar refractivity (Wildman–Crippen MR) is 76.4 cm³/mol. The second-order valence-corrected chi connectivity index (χ2v) is 4.43. The molecule has 3 rings (SSSR count). The van der Waals surface area contributed by atoms with Crippen molar-refractivity contribution in [3.63, 3.8) is 0 Å². The molecular weight excluding hydrogens is 258 g/mol. The van der Waals surface area contributed by atoms with E-state index in [-0.39, 0.29) is 0 Å². The van der Waals surface area contributed by atoms with E-state index in [9.17, 15) is 0 Å². The molecule has 1 aromatic carbocycles. The molecule has 0 saturated heterocycles. The third-order valence-corrected chi connectivity index (χ3v) is 3.13. The number of hydrogen-bond donors (Lipinski definition) is 0. The first-order valence-electron chi connectivity index (χ1n) is 5.99. The summed E-state index contributed by atoms with van der Waals surface area (Å²) in [6.45, 7) is 0. The van der Waals surface area contributed by atoms with Gasteiger partial charge in [-0.3, -0.25) is 0 Å². The summed E-state index contributed by atoms with van der Waals surface area (Å²) in [6.07, 6.45) is 3.81. The van der Waals surface area contributed by atoms with Crippen LogP contribution in [0.5, 0.6) is 0 Å². The lowest BCUT2D eigenvalue weighted by Gasteiger charge is -2.01. The molecule has 3 aromatic rings. The molecule has 0 bridgehead atoms. The quantitative estimate of drug-likeness (QED) is 0.679. The Balaban J connectivity index is 1.97. The summed E-state index contributed by atoms with van der Waals surface area (Å²) >= 11 is 5.80. The van der Waals surface area contributed by atoms with Crippen LogP contribution in [-0.4, -0.2) is 14.8 Å². The van der Waals surface area contributed by atoms with E-state index in [1.54, 1.807) is 4.68 Å². The minimum Gasteiger partial charge on any atom is -0.232 e. The van der Waals surface area contributed by atoms with Crippen molar-refractivity contribution >= 4 is 11.6 Å². The number of benzene rings is 1. The number of rotatable bonds is 3. The zero-order chi connectivity index (χ0) is 13.1. The fourth-order valence-corrected chi connectivity index (χ4v) is 2.05. The number of hydrogen-bond acceptors (Lipinski definition) is 2. The first-order valence-corrected chi connectivity index (χ1v) is 6.52. The van der Waals surface area contributed by atoms with E-state index < -0.39 is 0 Å². The normalized spacial score (nSPS) is 10.6. The molecule has 0 aliphatic rings. The van der Waals surface area contributed by atoms with Gasteiger partial charge < -0.3 is 0 Å². The second kappa shape index (κ2) is 5.24. The molecule has 19 heavy (non-hydrogen) atoms. The lowest BCUT2D eigenvalue weighted by atomic mass is 10.1. The van der Waals surface area contributed by atoms with Gasteiger partial charge in [0.05, 0.1) is 17.8 Å². The Kier molecular flexibility index (Phi) is 3.29. The van der Waals surface area contributed by atoms with Crippen molar-refractivity contribution in [2.45, 2.75) is 5.88 Å². The monoisotopic (exact) mass is 269 g/mol. The number of alkyl halides is 1. The fourth-order valence-electron chi connectivity index (χ4n) is 1.90. The number of nitrogens with zero attached hydrogens (tertiary/aromatic N) is 3. The molecule has 2 aromatic heterocycles. The van der Waals surface area contributed by atoms with Crippen LogP contribution in [0.4, 0.5) is 0 Å². The van der Waals surface area contributed by atoms with Crippen molar-refractivity contribution < 1.29 is 0 Å². The summed E-state index contributed by atoms with van der Waals surface area (Å²) in [4.78, 5) is 4.44. The Hall–Kier alpha value is -2.13. The van der Waals surface area contributed by atoms with Crippen LogP contribution in [0.3, 0.4) is 0 Å². The zero-order valence-electron chi connectivity index (χ0n) is 10.2. The highest BCUT2D eigenvalue weighted by Gasteiger charge is 2.04. The van der Waals surface area contributed by atoms with E-state index in [1.165, 1.54) is 0 Å². The molecular formula is C15H12ClN3. The summed E-state index contributed by atoms with van der Waals surface area (Å²) in [5.74, 6) is 1.18. The van der Waals surface area contributed by atoms with E-state index >= 15 is 0 Å². The van der Waals surface area contributed by atoms with Crippen molar-refractivity contribution in [2.24, 2.45) is 0 Å². The summed E-state index contributed by atoms with van der Waals surface area (Å²) in [6, 6.07) is 15.9. The zero-order valence-corrected chi connectivity index (χ0v) is 11.0. The maximum Gasteiger partial charge on any atom is 0.153 e. The van der Waals surface area contributed by atoms with Crippen LogP contribution in [0.2, 0.25) is 0 Å². The minimum atomic E-state index is 0.403. The van der Waals surface area contributed by atoms with Gasteiger partial charge >= 0.3 is 0 Å². The lowest BCUT2D eigenvalue weighted by molar-refractivity contribution is 0.839. The van der Waals surface area contributed by atoms with Crippen molar-refractivity contribution in [2.75, 3.05) is 0 Å². The minimum absolute atomic E-state index is 0.403. The van der Waals surface area contributed by atoms with Crippen molar-refractivity contribution in [1.29, 1.82) is 0 Å².